The van der Waals surface area contributed by atoms with Crippen LogP contribution >= 0.6 is 0 Å². The predicted octanol–water partition coefficient (Wildman–Crippen LogP) is 0.174. The molecule has 0 spiro atoms. The zero-order valence-electron chi connectivity index (χ0n) is 7.88. The van der Waals surface area contributed by atoms with Gasteiger partial charge in [-0.15, -0.1) is 0 Å². The van der Waals surface area contributed by atoms with Crippen molar-refractivity contribution in [3.8, 4) is 0 Å². The van der Waals surface area contributed by atoms with Gasteiger partial charge in [0.15, 0.2) is 0 Å². The van der Waals surface area contributed by atoms with Crippen molar-refractivity contribution in [2.75, 3.05) is 0 Å². The highest BCUT2D eigenvalue weighted by Crippen LogP contribution is 2.23. The Balaban J connectivity index is 2.77. The minimum absolute atomic E-state index is 0.0477. The molecule has 1 aliphatic rings. The van der Waals surface area contributed by atoms with Gasteiger partial charge in [0.05, 0.1) is 0 Å². The maximum absolute atomic E-state index is 10.5. The van der Waals surface area contributed by atoms with Crippen molar-refractivity contribution >= 4 is 11.9 Å². The minimum atomic E-state index is -1.12. The van der Waals surface area contributed by atoms with Crippen molar-refractivity contribution in [3.05, 3.63) is 29.6 Å². The van der Waals surface area contributed by atoms with Crippen LogP contribution in [0.4, 0.5) is 0 Å². The molecule has 2 atom stereocenters. The van der Waals surface area contributed by atoms with Gasteiger partial charge in [0, 0.05) is 11.5 Å². The lowest BCUT2D eigenvalue weighted by atomic mass is 9.89. The number of aliphatic hydroxyl groups excluding tert-OH is 1. The average molecular weight is 209 g/mol. The highest BCUT2D eigenvalue weighted by molar-refractivity contribution is 5.73. The molecule has 5 heteroatoms. The molecule has 0 bridgehead atoms. The van der Waals surface area contributed by atoms with Crippen LogP contribution in [0, 0.1) is 5.92 Å². The van der Waals surface area contributed by atoms with E-state index in [0.717, 1.165) is 0 Å². The van der Waals surface area contributed by atoms with Crippen LogP contribution in [0.3, 0.4) is 0 Å². The number of hydrogen-bond acceptors (Lipinski definition) is 4. The third-order valence-electron chi connectivity index (χ3n) is 2.15. The molecule has 80 valence electrons. The van der Waals surface area contributed by atoms with Crippen molar-refractivity contribution in [2.45, 2.75) is 12.5 Å². The van der Waals surface area contributed by atoms with Crippen LogP contribution < -0.4 is 5.73 Å². The molecule has 0 aromatic rings. The Hall–Kier alpha value is -1.84. The zero-order valence-corrected chi connectivity index (χ0v) is 7.88. The average Bonchev–Trinajstić information content (AvgIpc) is 2.20. The molecule has 0 saturated carbocycles. The van der Waals surface area contributed by atoms with Crippen LogP contribution in [0.25, 0.3) is 0 Å². The minimum Gasteiger partial charge on any atom is -0.508 e. The summed E-state index contributed by atoms with van der Waals surface area (Å²) in [4.78, 5) is 21.0. The monoisotopic (exact) mass is 209 g/mol. The summed E-state index contributed by atoms with van der Waals surface area (Å²) in [6, 6.07) is -1.03. The van der Waals surface area contributed by atoms with Crippen LogP contribution in [-0.2, 0) is 9.59 Å². The van der Waals surface area contributed by atoms with E-state index < -0.39 is 17.9 Å². The summed E-state index contributed by atoms with van der Waals surface area (Å²) in [5.74, 6) is 0.0948. The third kappa shape index (κ3) is 2.80. The van der Waals surface area contributed by atoms with Crippen LogP contribution in [0.5, 0.6) is 0 Å². The lowest BCUT2D eigenvalue weighted by Gasteiger charge is -2.17. The molecule has 15 heavy (non-hydrogen) atoms. The molecule has 0 aliphatic heterocycles. The number of carboxylic acids is 1. The molecular weight excluding hydrogens is 198 g/mol. The Kier molecular flexibility index (Phi) is 3.44. The van der Waals surface area contributed by atoms with E-state index in [2.05, 4.69) is 0 Å². The zero-order chi connectivity index (χ0) is 11.4. The number of carboxylic acid groups (broad SMARTS) is 1. The Morgan fingerprint density at radius 1 is 1.67 bits per heavy atom. The predicted molar refractivity (Wildman–Crippen MR) is 52.8 cm³/mol. The Morgan fingerprint density at radius 3 is 2.87 bits per heavy atom. The summed E-state index contributed by atoms with van der Waals surface area (Å²) in [6.07, 6.45) is 4.31. The molecule has 1 rings (SSSR count). The van der Waals surface area contributed by atoms with E-state index in [4.69, 9.17) is 15.9 Å². The van der Waals surface area contributed by atoms with Gasteiger partial charge in [-0.3, -0.25) is 4.79 Å². The van der Waals surface area contributed by atoms with E-state index in [9.17, 15) is 9.59 Å². The topological polar surface area (TPSA) is 101 Å². The van der Waals surface area contributed by atoms with Gasteiger partial charge in [0.1, 0.15) is 17.7 Å². The first kappa shape index (κ1) is 11.2. The number of carbonyl (C=O) groups is 1. The fraction of sp³-hybridized carbons (Fsp3) is 0.300. The highest BCUT2D eigenvalue weighted by atomic mass is 16.4. The number of allylic oxidation sites excluding steroid dienone is 4. The standard InChI is InChI=1S/C10H11NO4/c11-9(10(14)15)4-6-1-2-8(13)3-7(6)5-12/h1-3,6,9,13H,4,11H2,(H,14,15)/t6?,9-/m0/s1. The SMILES string of the molecule is N[C@@H](CC1C=CC(O)=CC1=C=O)C(=O)O. The van der Waals surface area contributed by atoms with Crippen molar-refractivity contribution in [1.82, 2.24) is 0 Å². The number of nitrogens with two attached hydrogens (primary N) is 1. The lowest BCUT2D eigenvalue weighted by molar-refractivity contribution is -0.138. The molecule has 5 nitrogen and oxygen atoms in total. The fourth-order valence-corrected chi connectivity index (χ4v) is 1.32. The normalized spacial score (nSPS) is 21.8. The van der Waals surface area contributed by atoms with Gasteiger partial charge in [-0.05, 0) is 18.6 Å². The summed E-state index contributed by atoms with van der Waals surface area (Å²) in [5.41, 5.74) is 5.55. The van der Waals surface area contributed by atoms with Gasteiger partial charge in [0.2, 0.25) is 0 Å². The van der Waals surface area contributed by atoms with Gasteiger partial charge >= 0.3 is 5.97 Å². The van der Waals surface area contributed by atoms with E-state index in [0.29, 0.717) is 0 Å². The number of aliphatic hydroxyl groups is 1. The molecule has 1 unspecified atom stereocenters. The second-order valence-corrected chi connectivity index (χ2v) is 3.27. The van der Waals surface area contributed by atoms with E-state index >= 15 is 0 Å². The van der Waals surface area contributed by atoms with Crippen LogP contribution in [-0.4, -0.2) is 28.2 Å². The molecule has 0 radical (unpaired) electrons. The summed E-state index contributed by atoms with van der Waals surface area (Å²) in [5, 5.41) is 17.7. The summed E-state index contributed by atoms with van der Waals surface area (Å²) >= 11 is 0. The Labute approximate surface area is 86.2 Å². The number of aliphatic carboxylic acids is 1. The second-order valence-electron chi connectivity index (χ2n) is 3.27. The first-order valence-electron chi connectivity index (χ1n) is 4.37. The van der Waals surface area contributed by atoms with Gasteiger partial charge in [-0.1, -0.05) is 6.08 Å². The van der Waals surface area contributed by atoms with Crippen LogP contribution in [0.15, 0.2) is 29.6 Å². The number of carbonyl (C=O) groups excluding carboxylic acids is 1. The van der Waals surface area contributed by atoms with Gasteiger partial charge < -0.3 is 15.9 Å². The van der Waals surface area contributed by atoms with Crippen molar-refractivity contribution in [1.29, 1.82) is 0 Å². The fourth-order valence-electron chi connectivity index (χ4n) is 1.32. The van der Waals surface area contributed by atoms with Gasteiger partial charge in [-0.2, -0.15) is 0 Å². The van der Waals surface area contributed by atoms with E-state index in [1.165, 1.54) is 12.2 Å². The maximum atomic E-state index is 10.5. The quantitative estimate of drug-likeness (QED) is 0.575. The molecule has 1 aliphatic carbocycles. The van der Waals surface area contributed by atoms with E-state index in [-0.39, 0.29) is 17.8 Å². The lowest BCUT2D eigenvalue weighted by Crippen LogP contribution is -2.32. The Bertz CT molecular complexity index is 377. The molecule has 0 amide bonds. The van der Waals surface area contributed by atoms with E-state index in [1.54, 1.807) is 12.0 Å². The largest absolute Gasteiger partial charge is 0.508 e. The first-order valence-corrected chi connectivity index (χ1v) is 4.37. The van der Waals surface area contributed by atoms with Crippen LogP contribution in [0.1, 0.15) is 6.42 Å². The summed E-state index contributed by atoms with van der Waals surface area (Å²) in [7, 11) is 0. The van der Waals surface area contributed by atoms with Crippen molar-refractivity contribution < 1.29 is 19.8 Å². The smallest absolute Gasteiger partial charge is 0.320 e. The number of hydrogen-bond donors (Lipinski definition) is 3. The molecule has 0 aromatic carbocycles. The van der Waals surface area contributed by atoms with Crippen molar-refractivity contribution in [2.24, 2.45) is 11.7 Å². The van der Waals surface area contributed by atoms with Crippen LogP contribution in [0.2, 0.25) is 0 Å². The van der Waals surface area contributed by atoms with Gasteiger partial charge in [-0.25, -0.2) is 4.79 Å². The maximum Gasteiger partial charge on any atom is 0.320 e. The highest BCUT2D eigenvalue weighted by Gasteiger charge is 2.21. The van der Waals surface area contributed by atoms with E-state index in [1.807, 2.05) is 0 Å². The second kappa shape index (κ2) is 4.59. The van der Waals surface area contributed by atoms with Crippen molar-refractivity contribution in [3.63, 3.8) is 0 Å². The molecule has 4 N–H and O–H groups in total. The summed E-state index contributed by atoms with van der Waals surface area (Å²) < 4.78 is 0. The summed E-state index contributed by atoms with van der Waals surface area (Å²) in [6.45, 7) is 0. The third-order valence-corrected chi connectivity index (χ3v) is 2.15. The molecule has 0 fully saturated rings. The number of rotatable bonds is 3. The van der Waals surface area contributed by atoms with Gasteiger partial charge in [0.25, 0.3) is 0 Å². The molecule has 0 saturated heterocycles. The Morgan fingerprint density at radius 2 is 2.33 bits per heavy atom. The first-order chi connectivity index (χ1) is 7.04. The molecule has 0 heterocycles. The molecule has 0 aromatic heterocycles. The molecular formula is C10H11NO4.